The van der Waals surface area contributed by atoms with Crippen LogP contribution < -0.4 is 15.4 Å². The fraction of sp³-hybridized carbons (Fsp3) is 0.263. The average Bonchev–Trinajstić information content (AvgIpc) is 2.61. The van der Waals surface area contributed by atoms with Gasteiger partial charge in [-0.05, 0) is 44.2 Å². The molecule has 0 radical (unpaired) electrons. The van der Waals surface area contributed by atoms with Crippen molar-refractivity contribution in [3.8, 4) is 5.75 Å². The van der Waals surface area contributed by atoms with Crippen LogP contribution in [0.25, 0.3) is 0 Å². The summed E-state index contributed by atoms with van der Waals surface area (Å²) in [6.45, 7) is 3.05. The first-order chi connectivity index (χ1) is 11.8. The Labute approximate surface area is 146 Å². The van der Waals surface area contributed by atoms with Gasteiger partial charge in [-0.1, -0.05) is 18.2 Å². The van der Waals surface area contributed by atoms with E-state index in [9.17, 15) is 14.0 Å². The summed E-state index contributed by atoms with van der Waals surface area (Å²) in [5, 5.41) is 5.30. The molecule has 6 heteroatoms. The molecule has 0 aromatic heterocycles. The van der Waals surface area contributed by atoms with E-state index in [-0.39, 0.29) is 6.54 Å². The second kappa shape index (κ2) is 7.79. The molecule has 2 aromatic rings. The number of methoxy groups -OCH3 is 1. The molecule has 2 amide bonds. The molecule has 0 aliphatic heterocycles. The Kier molecular flexibility index (Phi) is 5.75. The summed E-state index contributed by atoms with van der Waals surface area (Å²) in [7, 11) is 1.55. The molecule has 0 aliphatic rings. The fourth-order valence-electron chi connectivity index (χ4n) is 2.10. The normalized spacial score (nSPS) is 10.9. The van der Waals surface area contributed by atoms with E-state index >= 15 is 0 Å². The van der Waals surface area contributed by atoms with Gasteiger partial charge in [-0.25, -0.2) is 4.39 Å². The number of anilines is 1. The van der Waals surface area contributed by atoms with Crippen LogP contribution in [0.1, 0.15) is 19.4 Å². The van der Waals surface area contributed by atoms with Crippen LogP contribution in [0.15, 0.2) is 48.5 Å². The number of rotatable bonds is 6. The zero-order valence-electron chi connectivity index (χ0n) is 14.4. The summed E-state index contributed by atoms with van der Waals surface area (Å²) >= 11 is 0. The van der Waals surface area contributed by atoms with E-state index in [1.54, 1.807) is 49.6 Å². The molecule has 2 N–H and O–H groups in total. The van der Waals surface area contributed by atoms with Gasteiger partial charge < -0.3 is 15.4 Å². The molecule has 0 unspecified atom stereocenters. The quantitative estimate of drug-likeness (QED) is 0.791. The highest BCUT2D eigenvalue weighted by Gasteiger charge is 2.36. The molecule has 25 heavy (non-hydrogen) atoms. The summed E-state index contributed by atoms with van der Waals surface area (Å²) < 4.78 is 18.7. The van der Waals surface area contributed by atoms with Gasteiger partial charge >= 0.3 is 0 Å². The monoisotopic (exact) mass is 344 g/mol. The van der Waals surface area contributed by atoms with E-state index < -0.39 is 23.0 Å². The first kappa shape index (κ1) is 18.4. The first-order valence-electron chi connectivity index (χ1n) is 7.82. The molecule has 0 aliphatic carbocycles. The topological polar surface area (TPSA) is 67.4 Å². The van der Waals surface area contributed by atoms with Crippen LogP contribution >= 0.6 is 0 Å². The molecule has 2 aromatic carbocycles. The third-order valence-electron chi connectivity index (χ3n) is 3.88. The Morgan fingerprint density at radius 2 is 1.68 bits per heavy atom. The number of ether oxygens (including phenoxy) is 1. The number of benzene rings is 2. The van der Waals surface area contributed by atoms with Gasteiger partial charge in [0.2, 0.25) is 11.8 Å². The highest BCUT2D eigenvalue weighted by Crippen LogP contribution is 2.21. The zero-order valence-corrected chi connectivity index (χ0v) is 14.4. The van der Waals surface area contributed by atoms with E-state index in [1.165, 1.54) is 19.9 Å². The molecular formula is C19H21FN2O3. The predicted octanol–water partition coefficient (Wildman–Crippen LogP) is 3.12. The second-order valence-electron chi connectivity index (χ2n) is 6.08. The lowest BCUT2D eigenvalue weighted by Gasteiger charge is -2.23. The molecule has 0 saturated heterocycles. The van der Waals surface area contributed by atoms with Gasteiger partial charge in [0.1, 0.15) is 17.0 Å². The zero-order chi connectivity index (χ0) is 18.4. The largest absolute Gasteiger partial charge is 0.497 e. The predicted molar refractivity (Wildman–Crippen MR) is 93.7 cm³/mol. The molecule has 0 saturated carbocycles. The van der Waals surface area contributed by atoms with Crippen molar-refractivity contribution >= 4 is 17.5 Å². The summed E-state index contributed by atoms with van der Waals surface area (Å²) in [4.78, 5) is 24.8. The lowest BCUT2D eigenvalue weighted by molar-refractivity contribution is -0.138. The number of nitrogens with one attached hydrogen (secondary N) is 2. The average molecular weight is 344 g/mol. The van der Waals surface area contributed by atoms with Gasteiger partial charge in [-0.2, -0.15) is 0 Å². The van der Waals surface area contributed by atoms with Crippen molar-refractivity contribution < 1.29 is 18.7 Å². The van der Waals surface area contributed by atoms with Crippen molar-refractivity contribution in [3.63, 3.8) is 0 Å². The van der Waals surface area contributed by atoms with Crippen LogP contribution in [-0.2, 0) is 16.1 Å². The Morgan fingerprint density at radius 1 is 1.04 bits per heavy atom. The van der Waals surface area contributed by atoms with Gasteiger partial charge in [-0.15, -0.1) is 0 Å². The number of carbonyl (C=O) groups excluding carboxylic acids is 2. The lowest BCUT2D eigenvalue weighted by atomic mass is 9.90. The van der Waals surface area contributed by atoms with E-state index in [0.29, 0.717) is 17.0 Å². The van der Waals surface area contributed by atoms with E-state index in [2.05, 4.69) is 10.6 Å². The van der Waals surface area contributed by atoms with Crippen molar-refractivity contribution in [1.29, 1.82) is 0 Å². The summed E-state index contributed by atoms with van der Waals surface area (Å²) in [6.07, 6.45) is 0. The number of halogens is 1. The maximum absolute atomic E-state index is 13.6. The Balaban J connectivity index is 1.99. The van der Waals surface area contributed by atoms with E-state index in [4.69, 9.17) is 4.74 Å². The summed E-state index contributed by atoms with van der Waals surface area (Å²) in [6, 6.07) is 13.0. The maximum Gasteiger partial charge on any atom is 0.239 e. The highest BCUT2D eigenvalue weighted by molar-refractivity contribution is 6.09. The Morgan fingerprint density at radius 3 is 2.28 bits per heavy atom. The molecule has 5 nitrogen and oxygen atoms in total. The van der Waals surface area contributed by atoms with Gasteiger partial charge in [0, 0.05) is 17.8 Å². The first-order valence-corrected chi connectivity index (χ1v) is 7.82. The van der Waals surface area contributed by atoms with Gasteiger partial charge in [-0.3, -0.25) is 9.59 Å². The van der Waals surface area contributed by atoms with Gasteiger partial charge in [0.05, 0.1) is 7.11 Å². The van der Waals surface area contributed by atoms with Crippen LogP contribution in [0.2, 0.25) is 0 Å². The molecule has 132 valence electrons. The molecule has 0 heterocycles. The fourth-order valence-corrected chi connectivity index (χ4v) is 2.10. The molecule has 0 spiro atoms. The van der Waals surface area contributed by atoms with Crippen molar-refractivity contribution in [2.75, 3.05) is 12.4 Å². The molecule has 0 atom stereocenters. The molecule has 0 bridgehead atoms. The van der Waals surface area contributed by atoms with Gasteiger partial charge in [0.25, 0.3) is 0 Å². The summed E-state index contributed by atoms with van der Waals surface area (Å²) in [5.74, 6) is -0.673. The third-order valence-corrected chi connectivity index (χ3v) is 3.88. The number of amides is 2. The number of hydrogen-bond donors (Lipinski definition) is 2. The standard InChI is InChI=1S/C19H21FN2O3/c1-19(2,17(23)21-12-13-6-4-5-7-16(13)20)18(24)22-14-8-10-15(25-3)11-9-14/h4-11H,12H2,1-3H3,(H,21,23)(H,22,24). The lowest BCUT2D eigenvalue weighted by Crippen LogP contribution is -2.44. The van der Waals surface area contributed by atoms with Crippen molar-refractivity contribution in [3.05, 3.63) is 59.9 Å². The second-order valence-corrected chi connectivity index (χ2v) is 6.08. The number of hydrogen-bond acceptors (Lipinski definition) is 3. The Bertz CT molecular complexity index is 758. The van der Waals surface area contributed by atoms with Crippen LogP contribution in [-0.4, -0.2) is 18.9 Å². The van der Waals surface area contributed by atoms with E-state index in [1.807, 2.05) is 0 Å². The Hall–Kier alpha value is -2.89. The van der Waals surface area contributed by atoms with Crippen LogP contribution in [0.4, 0.5) is 10.1 Å². The van der Waals surface area contributed by atoms with Crippen LogP contribution in [0, 0.1) is 11.2 Å². The smallest absolute Gasteiger partial charge is 0.239 e. The minimum atomic E-state index is -1.31. The van der Waals surface area contributed by atoms with Crippen molar-refractivity contribution in [2.24, 2.45) is 5.41 Å². The minimum Gasteiger partial charge on any atom is -0.497 e. The van der Waals surface area contributed by atoms with Crippen LogP contribution in [0.3, 0.4) is 0 Å². The minimum absolute atomic E-state index is 0.0186. The molecular weight excluding hydrogens is 323 g/mol. The SMILES string of the molecule is COc1ccc(NC(=O)C(C)(C)C(=O)NCc2ccccc2F)cc1. The number of carbonyl (C=O) groups is 2. The van der Waals surface area contributed by atoms with E-state index in [0.717, 1.165) is 0 Å². The third kappa shape index (κ3) is 4.56. The highest BCUT2D eigenvalue weighted by atomic mass is 19.1. The van der Waals surface area contributed by atoms with Crippen molar-refractivity contribution in [1.82, 2.24) is 5.32 Å². The van der Waals surface area contributed by atoms with Gasteiger partial charge in [0.15, 0.2) is 0 Å². The summed E-state index contributed by atoms with van der Waals surface area (Å²) in [5.41, 5.74) is -0.395. The maximum atomic E-state index is 13.6. The van der Waals surface area contributed by atoms with Crippen LogP contribution in [0.5, 0.6) is 5.75 Å². The van der Waals surface area contributed by atoms with Crippen molar-refractivity contribution in [2.45, 2.75) is 20.4 Å². The molecule has 2 rings (SSSR count). The molecule has 0 fully saturated rings.